The Labute approximate surface area is 135 Å². The van der Waals surface area contributed by atoms with E-state index in [1.165, 1.54) is 29.7 Å². The van der Waals surface area contributed by atoms with Crippen molar-refractivity contribution in [3.05, 3.63) is 16.0 Å². The predicted octanol–water partition coefficient (Wildman–Crippen LogP) is 4.20. The van der Waals surface area contributed by atoms with E-state index in [4.69, 9.17) is 0 Å². The van der Waals surface area contributed by atoms with Crippen molar-refractivity contribution < 1.29 is 4.79 Å². The summed E-state index contributed by atoms with van der Waals surface area (Å²) in [6.45, 7) is 2.25. The van der Waals surface area contributed by atoms with Crippen LogP contribution in [0.25, 0.3) is 0 Å². The lowest BCUT2D eigenvalue weighted by Crippen LogP contribution is -2.38. The minimum Gasteiger partial charge on any atom is -0.335 e. The lowest BCUT2D eigenvalue weighted by atomic mass is 9.89. The number of carbonyl (C=O) groups excluding carboxylic acids is 1. The van der Waals surface area contributed by atoms with Gasteiger partial charge in [0.25, 0.3) is 0 Å². The highest BCUT2D eigenvalue weighted by Gasteiger charge is 2.25. The Morgan fingerprint density at radius 1 is 1.27 bits per heavy atom. The number of hydrogen-bond acceptors (Lipinski definition) is 3. The van der Waals surface area contributed by atoms with Crippen LogP contribution in [0.2, 0.25) is 0 Å². The number of carbonyl (C=O) groups is 1. The molecule has 0 aromatic carbocycles. The van der Waals surface area contributed by atoms with Gasteiger partial charge in [-0.15, -0.1) is 11.3 Å². The number of hydrogen-bond donors (Lipinski definition) is 2. The Bertz CT molecular complexity index is 596. The fourth-order valence-corrected chi connectivity index (χ4v) is 4.88. The van der Waals surface area contributed by atoms with Crippen LogP contribution >= 0.6 is 11.3 Å². The van der Waals surface area contributed by atoms with E-state index >= 15 is 0 Å². The maximum Gasteiger partial charge on any atom is 0.320 e. The molecule has 3 rings (SSSR count). The molecule has 1 aromatic heterocycles. The maximum atomic E-state index is 12.2. The van der Waals surface area contributed by atoms with Crippen LogP contribution in [0.4, 0.5) is 9.80 Å². The highest BCUT2D eigenvalue weighted by Crippen LogP contribution is 2.39. The molecule has 2 amide bonds. The van der Waals surface area contributed by atoms with Crippen molar-refractivity contribution in [1.29, 1.82) is 5.26 Å². The second-order valence-electron chi connectivity index (χ2n) is 6.60. The summed E-state index contributed by atoms with van der Waals surface area (Å²) in [5.74, 6) is 0.668. The van der Waals surface area contributed by atoms with Crippen LogP contribution in [0.5, 0.6) is 0 Å². The largest absolute Gasteiger partial charge is 0.335 e. The lowest BCUT2D eigenvalue weighted by molar-refractivity contribution is 0.244. The summed E-state index contributed by atoms with van der Waals surface area (Å²) in [6.07, 6.45) is 8.91. The number of fused-ring (bicyclic) bond motifs is 1. The number of anilines is 1. The van der Waals surface area contributed by atoms with E-state index < -0.39 is 0 Å². The number of thiophene rings is 1. The van der Waals surface area contributed by atoms with Crippen molar-refractivity contribution in [2.24, 2.45) is 5.92 Å². The smallest absolute Gasteiger partial charge is 0.320 e. The summed E-state index contributed by atoms with van der Waals surface area (Å²) in [7, 11) is 0. The summed E-state index contributed by atoms with van der Waals surface area (Å²) in [6, 6.07) is 2.42. The summed E-state index contributed by atoms with van der Waals surface area (Å²) < 4.78 is 0. The Morgan fingerprint density at radius 3 is 2.77 bits per heavy atom. The maximum absolute atomic E-state index is 12.2. The van der Waals surface area contributed by atoms with E-state index in [-0.39, 0.29) is 12.1 Å². The number of urea groups is 1. The number of nitrogens with zero attached hydrogens (tertiary/aromatic N) is 1. The van der Waals surface area contributed by atoms with Crippen LogP contribution in [0.15, 0.2) is 0 Å². The topological polar surface area (TPSA) is 64.9 Å². The van der Waals surface area contributed by atoms with Gasteiger partial charge >= 0.3 is 6.03 Å². The van der Waals surface area contributed by atoms with Crippen LogP contribution in [-0.2, 0) is 12.8 Å². The van der Waals surface area contributed by atoms with Crippen molar-refractivity contribution in [3.63, 3.8) is 0 Å². The van der Waals surface area contributed by atoms with Crippen LogP contribution < -0.4 is 10.6 Å². The van der Waals surface area contributed by atoms with Gasteiger partial charge in [-0.25, -0.2) is 4.79 Å². The molecule has 1 heterocycles. The van der Waals surface area contributed by atoms with E-state index in [1.54, 1.807) is 11.3 Å². The predicted molar refractivity (Wildman–Crippen MR) is 89.3 cm³/mol. The minimum atomic E-state index is -0.157. The zero-order valence-electron chi connectivity index (χ0n) is 13.1. The molecular formula is C17H23N3OS. The third-order valence-corrected chi connectivity index (χ3v) is 5.96. The molecule has 118 valence electrons. The number of nitrogens with one attached hydrogen (secondary N) is 2. The summed E-state index contributed by atoms with van der Waals surface area (Å²) in [5.41, 5.74) is 1.85. The highest BCUT2D eigenvalue weighted by molar-refractivity contribution is 7.16. The molecule has 1 unspecified atom stereocenters. The van der Waals surface area contributed by atoms with Gasteiger partial charge in [0, 0.05) is 10.9 Å². The molecule has 0 radical (unpaired) electrons. The highest BCUT2D eigenvalue weighted by atomic mass is 32.1. The van der Waals surface area contributed by atoms with Crippen LogP contribution in [0.1, 0.15) is 61.5 Å². The number of rotatable bonds is 2. The Balaban J connectivity index is 1.69. The first-order chi connectivity index (χ1) is 10.7. The molecule has 0 bridgehead atoms. The zero-order valence-corrected chi connectivity index (χ0v) is 13.9. The van der Waals surface area contributed by atoms with Gasteiger partial charge in [0.2, 0.25) is 0 Å². The average Bonchev–Trinajstić information content (AvgIpc) is 2.84. The quantitative estimate of drug-likeness (QED) is 0.858. The van der Waals surface area contributed by atoms with E-state index in [1.807, 2.05) is 0 Å². The van der Waals surface area contributed by atoms with Crippen molar-refractivity contribution in [2.45, 2.75) is 64.3 Å². The zero-order chi connectivity index (χ0) is 15.5. The van der Waals surface area contributed by atoms with Gasteiger partial charge in [0.15, 0.2) is 0 Å². The SMILES string of the molecule is CC1CCc2c(sc(NC(=O)NC3CCCCC3)c2C#N)C1. The second kappa shape index (κ2) is 6.70. The molecule has 0 saturated heterocycles. The lowest BCUT2D eigenvalue weighted by Gasteiger charge is -2.22. The van der Waals surface area contributed by atoms with Crippen molar-refractivity contribution in [2.75, 3.05) is 5.32 Å². The van der Waals surface area contributed by atoms with E-state index in [0.29, 0.717) is 11.5 Å². The Morgan fingerprint density at radius 2 is 2.05 bits per heavy atom. The summed E-state index contributed by atoms with van der Waals surface area (Å²) in [5, 5.41) is 16.2. The minimum absolute atomic E-state index is 0.157. The third-order valence-electron chi connectivity index (χ3n) is 4.79. The molecule has 0 spiro atoms. The molecule has 2 N–H and O–H groups in total. The Kier molecular flexibility index (Phi) is 4.68. The van der Waals surface area contributed by atoms with Crippen LogP contribution in [-0.4, -0.2) is 12.1 Å². The summed E-state index contributed by atoms with van der Waals surface area (Å²) in [4.78, 5) is 13.5. The van der Waals surface area contributed by atoms with E-state index in [0.717, 1.165) is 37.1 Å². The third kappa shape index (κ3) is 3.27. The molecular weight excluding hydrogens is 294 g/mol. The van der Waals surface area contributed by atoms with Crippen LogP contribution in [0, 0.1) is 17.2 Å². The fourth-order valence-electron chi connectivity index (χ4n) is 3.53. The monoisotopic (exact) mass is 317 g/mol. The molecule has 1 saturated carbocycles. The van der Waals surface area contributed by atoms with Crippen molar-refractivity contribution in [1.82, 2.24) is 5.32 Å². The number of nitriles is 1. The first kappa shape index (κ1) is 15.4. The first-order valence-electron chi connectivity index (χ1n) is 8.29. The van der Waals surface area contributed by atoms with Gasteiger partial charge in [-0.2, -0.15) is 5.26 Å². The van der Waals surface area contributed by atoms with Crippen LogP contribution in [0.3, 0.4) is 0 Å². The molecule has 0 aliphatic heterocycles. The second-order valence-corrected chi connectivity index (χ2v) is 7.71. The van der Waals surface area contributed by atoms with Gasteiger partial charge in [0.05, 0.1) is 5.56 Å². The van der Waals surface area contributed by atoms with E-state index in [9.17, 15) is 10.1 Å². The molecule has 1 atom stereocenters. The average molecular weight is 317 g/mol. The molecule has 1 aromatic rings. The molecule has 1 fully saturated rings. The summed E-state index contributed by atoms with van der Waals surface area (Å²) >= 11 is 1.59. The molecule has 2 aliphatic carbocycles. The fraction of sp³-hybridized carbons (Fsp3) is 0.647. The van der Waals surface area contributed by atoms with E-state index in [2.05, 4.69) is 23.6 Å². The molecule has 5 heteroatoms. The molecule has 22 heavy (non-hydrogen) atoms. The molecule has 2 aliphatic rings. The van der Waals surface area contributed by atoms with Gasteiger partial charge in [-0.05, 0) is 43.6 Å². The standard InChI is InChI=1S/C17H23N3OS/c1-11-7-8-13-14(10-18)16(22-15(13)9-11)20-17(21)19-12-5-3-2-4-6-12/h11-12H,2-9H2,1H3,(H2,19,20,21). The van der Waals surface area contributed by atoms with Gasteiger partial charge in [0.1, 0.15) is 11.1 Å². The normalized spacial score (nSPS) is 21.7. The van der Waals surface area contributed by atoms with Gasteiger partial charge in [-0.3, -0.25) is 5.32 Å². The van der Waals surface area contributed by atoms with Gasteiger partial charge < -0.3 is 5.32 Å². The first-order valence-corrected chi connectivity index (χ1v) is 9.11. The van der Waals surface area contributed by atoms with Gasteiger partial charge in [-0.1, -0.05) is 26.2 Å². The number of amides is 2. The van der Waals surface area contributed by atoms with Crippen molar-refractivity contribution in [3.8, 4) is 6.07 Å². The Hall–Kier alpha value is -1.54. The molecule has 4 nitrogen and oxygen atoms in total. The van der Waals surface area contributed by atoms with Crippen molar-refractivity contribution >= 4 is 22.4 Å².